The van der Waals surface area contributed by atoms with Gasteiger partial charge in [-0.1, -0.05) is 29.8 Å². The van der Waals surface area contributed by atoms with Crippen LogP contribution >= 0.6 is 11.6 Å². The van der Waals surface area contributed by atoms with Gasteiger partial charge in [-0.25, -0.2) is 4.68 Å². The molecule has 1 fully saturated rings. The second kappa shape index (κ2) is 7.80. The molecule has 29 heavy (non-hydrogen) atoms. The molecule has 1 amide bonds. The topological polar surface area (TPSA) is 116 Å². The van der Waals surface area contributed by atoms with Gasteiger partial charge in [0.25, 0.3) is 5.69 Å². The maximum atomic E-state index is 12.3. The molecule has 10 heteroatoms. The van der Waals surface area contributed by atoms with Crippen LogP contribution in [0.5, 0.6) is 0 Å². The van der Waals surface area contributed by atoms with Gasteiger partial charge in [0.05, 0.1) is 11.0 Å². The number of amides is 1. The Balaban J connectivity index is 1.48. The molecule has 0 saturated heterocycles. The molecule has 146 valence electrons. The summed E-state index contributed by atoms with van der Waals surface area (Å²) >= 11 is 5.79. The van der Waals surface area contributed by atoms with E-state index in [2.05, 4.69) is 20.8 Å². The molecule has 1 aliphatic carbocycles. The number of hydrogen-bond acceptors (Lipinski definition) is 6. The van der Waals surface area contributed by atoms with Gasteiger partial charge in [0.2, 0.25) is 5.91 Å². The molecule has 2 aromatic carbocycles. The normalized spacial score (nSPS) is 13.6. The molecule has 0 unspecified atom stereocenters. The molecule has 0 bridgehead atoms. The van der Waals surface area contributed by atoms with Gasteiger partial charge in [0.1, 0.15) is 5.02 Å². The lowest BCUT2D eigenvalue weighted by molar-refractivity contribution is -0.384. The number of halogens is 1. The summed E-state index contributed by atoms with van der Waals surface area (Å²) < 4.78 is 1.80. The van der Waals surface area contributed by atoms with E-state index in [-0.39, 0.29) is 16.6 Å². The predicted octanol–water partition coefficient (Wildman–Crippen LogP) is 3.89. The van der Waals surface area contributed by atoms with Crippen molar-refractivity contribution in [3.8, 4) is 11.4 Å². The van der Waals surface area contributed by atoms with E-state index in [1.54, 1.807) is 22.9 Å². The molecule has 1 aliphatic rings. The van der Waals surface area contributed by atoms with Gasteiger partial charge in [0, 0.05) is 23.4 Å². The van der Waals surface area contributed by atoms with Crippen LogP contribution in [0.2, 0.25) is 5.02 Å². The van der Waals surface area contributed by atoms with Crippen LogP contribution in [0.1, 0.15) is 24.4 Å². The van der Waals surface area contributed by atoms with Crippen molar-refractivity contribution in [1.29, 1.82) is 0 Å². The number of hydrogen-bond donors (Lipinski definition) is 1. The summed E-state index contributed by atoms with van der Waals surface area (Å²) in [5.41, 5.74) is 1.67. The molecule has 1 N–H and O–H groups in total. The number of benzene rings is 2. The molecule has 0 aliphatic heterocycles. The van der Waals surface area contributed by atoms with Crippen LogP contribution in [-0.4, -0.2) is 31.0 Å². The average Bonchev–Trinajstić information content (AvgIpc) is 3.43. The third kappa shape index (κ3) is 4.30. The maximum Gasteiger partial charge on any atom is 0.288 e. The minimum absolute atomic E-state index is 0.0435. The number of nitro groups is 1. The summed E-state index contributed by atoms with van der Waals surface area (Å²) in [4.78, 5) is 22.6. The van der Waals surface area contributed by atoms with Crippen molar-refractivity contribution in [1.82, 2.24) is 20.2 Å². The van der Waals surface area contributed by atoms with Gasteiger partial charge in [-0.3, -0.25) is 14.9 Å². The second-order valence-corrected chi connectivity index (χ2v) is 6.96. The highest BCUT2D eigenvalue weighted by Crippen LogP contribution is 2.36. The summed E-state index contributed by atoms with van der Waals surface area (Å²) in [6.45, 7) is 0. The Bertz CT molecular complexity index is 1120. The molecular formula is C19H15ClN6O3. The smallest absolute Gasteiger partial charge is 0.288 e. The van der Waals surface area contributed by atoms with Crippen LogP contribution < -0.4 is 5.32 Å². The third-order valence-electron chi connectivity index (χ3n) is 4.37. The molecule has 0 spiro atoms. The number of nitrogens with zero attached hydrogens (tertiary/aromatic N) is 5. The lowest BCUT2D eigenvalue weighted by Gasteiger charge is -2.06. The van der Waals surface area contributed by atoms with Crippen molar-refractivity contribution < 1.29 is 9.72 Å². The van der Waals surface area contributed by atoms with E-state index in [9.17, 15) is 14.9 Å². The SMILES string of the molecule is O=C(/C=C/c1ccc(Cl)c([N+](=O)[O-])c1)Nc1cccc(-c2nnnn2C2CC2)c1. The Labute approximate surface area is 170 Å². The van der Waals surface area contributed by atoms with Gasteiger partial charge < -0.3 is 5.32 Å². The van der Waals surface area contributed by atoms with E-state index in [0.717, 1.165) is 18.4 Å². The number of anilines is 1. The summed E-state index contributed by atoms with van der Waals surface area (Å²) in [7, 11) is 0. The Morgan fingerprint density at radius 2 is 2.10 bits per heavy atom. The molecule has 4 rings (SSSR count). The summed E-state index contributed by atoms with van der Waals surface area (Å²) in [6.07, 6.45) is 4.90. The van der Waals surface area contributed by atoms with E-state index in [0.29, 0.717) is 23.1 Å². The van der Waals surface area contributed by atoms with Crippen molar-refractivity contribution in [2.75, 3.05) is 5.32 Å². The van der Waals surface area contributed by atoms with Gasteiger partial charge in [-0.15, -0.1) is 5.10 Å². The Hall–Kier alpha value is -3.59. The molecule has 9 nitrogen and oxygen atoms in total. The van der Waals surface area contributed by atoms with E-state index in [1.165, 1.54) is 24.3 Å². The Kier molecular flexibility index (Phi) is 5.05. The van der Waals surface area contributed by atoms with Crippen LogP contribution in [0.4, 0.5) is 11.4 Å². The molecule has 1 heterocycles. The first-order chi connectivity index (χ1) is 14.0. The first kappa shape index (κ1) is 18.8. The van der Waals surface area contributed by atoms with Crippen molar-refractivity contribution in [3.63, 3.8) is 0 Å². The fourth-order valence-corrected chi connectivity index (χ4v) is 3.00. The van der Waals surface area contributed by atoms with E-state index >= 15 is 0 Å². The highest BCUT2D eigenvalue weighted by molar-refractivity contribution is 6.32. The second-order valence-electron chi connectivity index (χ2n) is 6.55. The van der Waals surface area contributed by atoms with E-state index < -0.39 is 4.92 Å². The molecule has 1 saturated carbocycles. The number of tetrazole rings is 1. The zero-order chi connectivity index (χ0) is 20.4. The van der Waals surface area contributed by atoms with E-state index in [4.69, 9.17) is 11.6 Å². The molecule has 3 aromatic rings. The quantitative estimate of drug-likeness (QED) is 0.374. The zero-order valence-corrected chi connectivity index (χ0v) is 15.8. The van der Waals surface area contributed by atoms with Crippen LogP contribution in [0, 0.1) is 10.1 Å². The first-order valence-corrected chi connectivity index (χ1v) is 9.20. The summed E-state index contributed by atoms with van der Waals surface area (Å²) in [6, 6.07) is 11.9. The van der Waals surface area contributed by atoms with Crippen molar-refractivity contribution in [2.45, 2.75) is 18.9 Å². The predicted molar refractivity (Wildman–Crippen MR) is 107 cm³/mol. The number of carbonyl (C=O) groups excluding carboxylic acids is 1. The Morgan fingerprint density at radius 3 is 2.86 bits per heavy atom. The number of rotatable bonds is 6. The fourth-order valence-electron chi connectivity index (χ4n) is 2.81. The fraction of sp³-hybridized carbons (Fsp3) is 0.158. The molecule has 1 aromatic heterocycles. The van der Waals surface area contributed by atoms with Crippen molar-refractivity contribution >= 4 is 35.0 Å². The van der Waals surface area contributed by atoms with Gasteiger partial charge in [-0.05, 0) is 53.1 Å². The molecule has 0 atom stereocenters. The largest absolute Gasteiger partial charge is 0.322 e. The highest BCUT2D eigenvalue weighted by atomic mass is 35.5. The third-order valence-corrected chi connectivity index (χ3v) is 4.69. The summed E-state index contributed by atoms with van der Waals surface area (Å²) in [5, 5.41) is 25.6. The van der Waals surface area contributed by atoms with Crippen LogP contribution in [0.15, 0.2) is 48.5 Å². The van der Waals surface area contributed by atoms with Gasteiger partial charge in [0.15, 0.2) is 5.82 Å². The van der Waals surface area contributed by atoms with Crippen LogP contribution in [0.25, 0.3) is 17.5 Å². The first-order valence-electron chi connectivity index (χ1n) is 8.82. The van der Waals surface area contributed by atoms with Crippen molar-refractivity contribution in [3.05, 3.63) is 69.2 Å². The van der Waals surface area contributed by atoms with Gasteiger partial charge >= 0.3 is 0 Å². The monoisotopic (exact) mass is 410 g/mol. The maximum absolute atomic E-state index is 12.3. The van der Waals surface area contributed by atoms with Gasteiger partial charge in [-0.2, -0.15) is 0 Å². The summed E-state index contributed by atoms with van der Waals surface area (Å²) in [5.74, 6) is 0.286. The lowest BCUT2D eigenvalue weighted by Crippen LogP contribution is -2.08. The highest BCUT2D eigenvalue weighted by Gasteiger charge is 2.28. The standard InChI is InChI=1S/C19H15ClN6O3/c20-16-8-4-12(10-17(16)26(28)29)5-9-18(27)21-14-3-1-2-13(11-14)19-22-23-24-25(19)15-6-7-15/h1-5,8-11,15H,6-7H2,(H,21,27)/b9-5+. The minimum atomic E-state index is -0.569. The number of nitrogens with one attached hydrogen (secondary N) is 1. The lowest BCUT2D eigenvalue weighted by atomic mass is 10.1. The molecular weight excluding hydrogens is 396 g/mol. The van der Waals surface area contributed by atoms with Crippen LogP contribution in [-0.2, 0) is 4.79 Å². The molecule has 0 radical (unpaired) electrons. The van der Waals surface area contributed by atoms with Crippen LogP contribution in [0.3, 0.4) is 0 Å². The number of carbonyl (C=O) groups is 1. The average molecular weight is 411 g/mol. The van der Waals surface area contributed by atoms with E-state index in [1.807, 2.05) is 12.1 Å². The minimum Gasteiger partial charge on any atom is -0.322 e. The zero-order valence-electron chi connectivity index (χ0n) is 15.0. The Morgan fingerprint density at radius 1 is 1.28 bits per heavy atom. The number of aromatic nitrogens is 4. The van der Waals surface area contributed by atoms with Crippen molar-refractivity contribution in [2.24, 2.45) is 0 Å². The number of nitro benzene ring substituents is 1.